The molecule has 2 rings (SSSR count). The van der Waals surface area contributed by atoms with E-state index in [0.29, 0.717) is 6.54 Å². The summed E-state index contributed by atoms with van der Waals surface area (Å²) >= 11 is 12.8. The third kappa shape index (κ3) is 3.53. The summed E-state index contributed by atoms with van der Waals surface area (Å²) in [5, 5.41) is 5.52. The lowest BCUT2D eigenvalue weighted by molar-refractivity contribution is 0.553. The zero-order chi connectivity index (χ0) is 12.3. The molecule has 0 aliphatic carbocycles. The molecule has 0 aromatic carbocycles. The van der Waals surface area contributed by atoms with Crippen LogP contribution in [0.3, 0.4) is 0 Å². The Kier molecular flexibility index (Phi) is 5.02. The largest absolute Gasteiger partial charge is 0.329 e. The SMILES string of the molecule is NCC(NCc1cccs1)c1cc(Br)c(Cl)s1. The molecule has 3 N–H and O–H groups in total. The van der Waals surface area contributed by atoms with E-state index in [1.165, 1.54) is 9.75 Å². The summed E-state index contributed by atoms with van der Waals surface area (Å²) < 4.78 is 1.71. The van der Waals surface area contributed by atoms with Gasteiger partial charge in [-0.15, -0.1) is 22.7 Å². The van der Waals surface area contributed by atoms with Crippen LogP contribution in [0.5, 0.6) is 0 Å². The van der Waals surface area contributed by atoms with Gasteiger partial charge in [0, 0.05) is 27.3 Å². The zero-order valence-corrected chi connectivity index (χ0v) is 12.9. The van der Waals surface area contributed by atoms with Crippen molar-refractivity contribution in [2.75, 3.05) is 6.54 Å². The Morgan fingerprint density at radius 2 is 2.35 bits per heavy atom. The average molecular weight is 352 g/mol. The summed E-state index contributed by atoms with van der Waals surface area (Å²) in [5.41, 5.74) is 5.79. The molecule has 6 heteroatoms. The van der Waals surface area contributed by atoms with Crippen molar-refractivity contribution in [2.24, 2.45) is 5.73 Å². The fraction of sp³-hybridized carbons (Fsp3) is 0.273. The highest BCUT2D eigenvalue weighted by atomic mass is 79.9. The molecule has 2 aromatic rings. The first-order valence-corrected chi connectivity index (χ1v) is 7.98. The number of nitrogens with one attached hydrogen (secondary N) is 1. The summed E-state index contributed by atoms with van der Waals surface area (Å²) in [6, 6.07) is 6.36. The molecule has 0 fully saturated rings. The number of hydrogen-bond acceptors (Lipinski definition) is 4. The first-order valence-electron chi connectivity index (χ1n) is 5.11. The fourth-order valence-electron chi connectivity index (χ4n) is 1.47. The maximum atomic E-state index is 6.04. The van der Waals surface area contributed by atoms with E-state index in [2.05, 4.69) is 38.8 Å². The monoisotopic (exact) mass is 350 g/mol. The molecule has 0 amide bonds. The van der Waals surface area contributed by atoms with Crippen molar-refractivity contribution in [3.05, 3.63) is 42.1 Å². The van der Waals surface area contributed by atoms with Crippen LogP contribution < -0.4 is 11.1 Å². The van der Waals surface area contributed by atoms with Crippen LogP contribution in [0.15, 0.2) is 28.1 Å². The van der Waals surface area contributed by atoms with Crippen molar-refractivity contribution in [2.45, 2.75) is 12.6 Å². The number of thiophene rings is 2. The van der Waals surface area contributed by atoms with Crippen molar-refractivity contribution < 1.29 is 0 Å². The Balaban J connectivity index is 2.01. The van der Waals surface area contributed by atoms with E-state index in [1.807, 2.05) is 6.07 Å². The minimum Gasteiger partial charge on any atom is -0.329 e. The predicted molar refractivity (Wildman–Crippen MR) is 80.0 cm³/mol. The van der Waals surface area contributed by atoms with Crippen LogP contribution in [0.25, 0.3) is 0 Å². The molecule has 1 atom stereocenters. The standard InChI is InChI=1S/C11H12BrClN2S2/c12-8-4-10(17-11(8)13)9(5-14)15-6-7-2-1-3-16-7/h1-4,9,15H,5-6,14H2. The van der Waals surface area contributed by atoms with E-state index in [9.17, 15) is 0 Å². The molecule has 2 aromatic heterocycles. The smallest absolute Gasteiger partial charge is 0.107 e. The van der Waals surface area contributed by atoms with Gasteiger partial charge in [-0.05, 0) is 33.4 Å². The number of halogens is 2. The van der Waals surface area contributed by atoms with Gasteiger partial charge in [0.1, 0.15) is 4.34 Å². The molecule has 2 heterocycles. The van der Waals surface area contributed by atoms with E-state index < -0.39 is 0 Å². The van der Waals surface area contributed by atoms with Crippen LogP contribution in [0.2, 0.25) is 4.34 Å². The molecule has 2 nitrogen and oxygen atoms in total. The number of nitrogens with two attached hydrogens (primary N) is 1. The van der Waals surface area contributed by atoms with Gasteiger partial charge in [0.2, 0.25) is 0 Å². The van der Waals surface area contributed by atoms with Crippen molar-refractivity contribution in [1.29, 1.82) is 0 Å². The average Bonchev–Trinajstić information content (AvgIpc) is 2.91. The Morgan fingerprint density at radius 1 is 1.53 bits per heavy atom. The second-order valence-corrected chi connectivity index (χ2v) is 7.09. The third-order valence-electron chi connectivity index (χ3n) is 2.35. The third-order valence-corrected chi connectivity index (χ3v) is 5.81. The molecule has 0 saturated carbocycles. The Labute approximate surface area is 122 Å². The molecule has 0 aliphatic rings. The van der Waals surface area contributed by atoms with E-state index in [1.54, 1.807) is 22.7 Å². The normalized spacial score (nSPS) is 12.9. The highest BCUT2D eigenvalue weighted by Gasteiger charge is 2.14. The highest BCUT2D eigenvalue weighted by Crippen LogP contribution is 2.35. The maximum Gasteiger partial charge on any atom is 0.107 e. The van der Waals surface area contributed by atoms with Crippen LogP contribution in [0.4, 0.5) is 0 Å². The number of hydrogen-bond donors (Lipinski definition) is 2. The molecule has 0 aliphatic heterocycles. The van der Waals surface area contributed by atoms with E-state index >= 15 is 0 Å². The Hall–Kier alpha value is 0.0900. The second-order valence-electron chi connectivity index (χ2n) is 3.52. The predicted octanol–water partition coefficient (Wildman–Crippen LogP) is 4.02. The molecule has 0 saturated heterocycles. The Bertz CT molecular complexity index is 450. The van der Waals surface area contributed by atoms with Crippen molar-refractivity contribution in [3.8, 4) is 0 Å². The quantitative estimate of drug-likeness (QED) is 0.854. The second kappa shape index (κ2) is 6.31. The summed E-state index contributed by atoms with van der Waals surface area (Å²) in [5.74, 6) is 0. The van der Waals surface area contributed by atoms with Gasteiger partial charge in [0.15, 0.2) is 0 Å². The molecular weight excluding hydrogens is 340 g/mol. The molecule has 0 radical (unpaired) electrons. The van der Waals surface area contributed by atoms with Crippen molar-refractivity contribution in [3.63, 3.8) is 0 Å². The van der Waals surface area contributed by atoms with Crippen molar-refractivity contribution in [1.82, 2.24) is 5.32 Å². The summed E-state index contributed by atoms with van der Waals surface area (Å²) in [7, 11) is 0. The van der Waals surface area contributed by atoms with Gasteiger partial charge in [0.25, 0.3) is 0 Å². The van der Waals surface area contributed by atoms with Gasteiger partial charge < -0.3 is 11.1 Å². The van der Waals surface area contributed by atoms with Gasteiger partial charge in [-0.25, -0.2) is 0 Å². The molecule has 1 unspecified atom stereocenters. The lowest BCUT2D eigenvalue weighted by atomic mass is 10.2. The van der Waals surface area contributed by atoms with Crippen molar-refractivity contribution >= 4 is 50.2 Å². The van der Waals surface area contributed by atoms with E-state index in [0.717, 1.165) is 15.4 Å². The van der Waals surface area contributed by atoms with E-state index in [4.69, 9.17) is 17.3 Å². The maximum absolute atomic E-state index is 6.04. The lowest BCUT2D eigenvalue weighted by Gasteiger charge is -2.14. The zero-order valence-electron chi connectivity index (χ0n) is 8.95. The molecule has 92 valence electrons. The summed E-state index contributed by atoms with van der Waals surface area (Å²) in [6.45, 7) is 1.40. The summed E-state index contributed by atoms with van der Waals surface area (Å²) in [6.07, 6.45) is 0. The topological polar surface area (TPSA) is 38.0 Å². The van der Waals surface area contributed by atoms with Gasteiger partial charge in [-0.2, -0.15) is 0 Å². The van der Waals surface area contributed by atoms with Crippen LogP contribution in [-0.2, 0) is 6.54 Å². The van der Waals surface area contributed by atoms with Gasteiger partial charge in [-0.1, -0.05) is 17.7 Å². The van der Waals surface area contributed by atoms with Crippen LogP contribution >= 0.6 is 50.2 Å². The first-order chi connectivity index (χ1) is 8.20. The lowest BCUT2D eigenvalue weighted by Crippen LogP contribution is -2.26. The molecular formula is C11H12BrClN2S2. The minimum absolute atomic E-state index is 0.158. The van der Waals surface area contributed by atoms with Crippen LogP contribution in [0.1, 0.15) is 15.8 Å². The molecule has 0 bridgehead atoms. The highest BCUT2D eigenvalue weighted by molar-refractivity contribution is 9.10. The van der Waals surface area contributed by atoms with Crippen LogP contribution in [-0.4, -0.2) is 6.54 Å². The van der Waals surface area contributed by atoms with Gasteiger partial charge in [-0.3, -0.25) is 0 Å². The number of rotatable bonds is 5. The van der Waals surface area contributed by atoms with E-state index in [-0.39, 0.29) is 6.04 Å². The first kappa shape index (κ1) is 13.5. The van der Waals surface area contributed by atoms with Crippen LogP contribution in [0, 0.1) is 0 Å². The van der Waals surface area contributed by atoms with Gasteiger partial charge >= 0.3 is 0 Å². The fourth-order valence-corrected chi connectivity index (χ4v) is 3.95. The molecule has 0 spiro atoms. The Morgan fingerprint density at radius 3 is 2.88 bits per heavy atom. The van der Waals surface area contributed by atoms with Gasteiger partial charge in [0.05, 0.1) is 6.04 Å². The molecule has 17 heavy (non-hydrogen) atoms. The summed E-state index contributed by atoms with van der Waals surface area (Å²) in [4.78, 5) is 2.48. The minimum atomic E-state index is 0.158.